The third-order valence-electron chi connectivity index (χ3n) is 3.26. The van der Waals surface area contributed by atoms with Crippen molar-refractivity contribution in [1.82, 2.24) is 5.32 Å². The zero-order valence-corrected chi connectivity index (χ0v) is 11.2. The van der Waals surface area contributed by atoms with E-state index in [1.165, 1.54) is 31.2 Å². The minimum Gasteiger partial charge on any atom is -0.399 e. The SMILES string of the molecule is CCCCC(CC)CNCc1cccc(N)c1. The number of rotatable bonds is 8. The third kappa shape index (κ3) is 5.73. The van der Waals surface area contributed by atoms with E-state index in [4.69, 9.17) is 5.73 Å². The molecule has 0 radical (unpaired) electrons. The Hall–Kier alpha value is -1.02. The molecule has 0 saturated heterocycles. The highest BCUT2D eigenvalue weighted by Crippen LogP contribution is 2.12. The van der Waals surface area contributed by atoms with Crippen molar-refractivity contribution >= 4 is 5.69 Å². The van der Waals surface area contributed by atoms with Crippen molar-refractivity contribution in [3.8, 4) is 0 Å². The molecule has 0 aliphatic carbocycles. The number of nitrogens with two attached hydrogens (primary N) is 1. The molecule has 0 heterocycles. The lowest BCUT2D eigenvalue weighted by atomic mass is 9.99. The second kappa shape index (κ2) is 8.13. The molecular formula is C15H26N2. The van der Waals surface area contributed by atoms with Gasteiger partial charge in [0.05, 0.1) is 0 Å². The maximum absolute atomic E-state index is 5.75. The zero-order chi connectivity index (χ0) is 12.5. The fourth-order valence-corrected chi connectivity index (χ4v) is 2.07. The van der Waals surface area contributed by atoms with Crippen molar-refractivity contribution in [1.29, 1.82) is 0 Å². The fourth-order valence-electron chi connectivity index (χ4n) is 2.07. The summed E-state index contributed by atoms with van der Waals surface area (Å²) < 4.78 is 0. The third-order valence-corrected chi connectivity index (χ3v) is 3.26. The highest BCUT2D eigenvalue weighted by Gasteiger charge is 2.04. The summed E-state index contributed by atoms with van der Waals surface area (Å²) in [6.45, 7) is 6.58. The second-order valence-electron chi connectivity index (χ2n) is 4.79. The second-order valence-corrected chi connectivity index (χ2v) is 4.79. The molecule has 96 valence electrons. The van der Waals surface area contributed by atoms with Gasteiger partial charge < -0.3 is 11.1 Å². The van der Waals surface area contributed by atoms with Gasteiger partial charge in [-0.3, -0.25) is 0 Å². The Kier molecular flexibility index (Phi) is 6.71. The molecule has 0 bridgehead atoms. The Balaban J connectivity index is 2.26. The Morgan fingerprint density at radius 1 is 1.29 bits per heavy atom. The van der Waals surface area contributed by atoms with Crippen LogP contribution in [-0.2, 0) is 6.54 Å². The lowest BCUT2D eigenvalue weighted by molar-refractivity contribution is 0.419. The van der Waals surface area contributed by atoms with E-state index in [0.29, 0.717) is 0 Å². The standard InChI is InChI=1S/C15H26N2/c1-3-5-7-13(4-2)11-17-12-14-8-6-9-15(16)10-14/h6,8-10,13,17H,3-5,7,11-12,16H2,1-2H3. The van der Waals surface area contributed by atoms with Gasteiger partial charge in [0.1, 0.15) is 0 Å². The van der Waals surface area contributed by atoms with Crippen molar-refractivity contribution in [2.45, 2.75) is 46.1 Å². The highest BCUT2D eigenvalue weighted by molar-refractivity contribution is 5.40. The van der Waals surface area contributed by atoms with Crippen LogP contribution in [0.25, 0.3) is 0 Å². The monoisotopic (exact) mass is 234 g/mol. The summed E-state index contributed by atoms with van der Waals surface area (Å²) in [5.41, 5.74) is 7.88. The quantitative estimate of drug-likeness (QED) is 0.675. The van der Waals surface area contributed by atoms with Gasteiger partial charge in [0.25, 0.3) is 0 Å². The van der Waals surface area contributed by atoms with Gasteiger partial charge in [-0.05, 0) is 36.6 Å². The molecule has 1 aromatic carbocycles. The van der Waals surface area contributed by atoms with Gasteiger partial charge in [0.15, 0.2) is 0 Å². The largest absolute Gasteiger partial charge is 0.399 e. The number of unbranched alkanes of at least 4 members (excludes halogenated alkanes) is 1. The first-order valence-corrected chi connectivity index (χ1v) is 6.81. The smallest absolute Gasteiger partial charge is 0.0317 e. The van der Waals surface area contributed by atoms with Crippen LogP contribution in [-0.4, -0.2) is 6.54 Å². The fraction of sp³-hybridized carbons (Fsp3) is 0.600. The number of hydrogen-bond donors (Lipinski definition) is 2. The van der Waals surface area contributed by atoms with Crippen LogP contribution in [0.4, 0.5) is 5.69 Å². The van der Waals surface area contributed by atoms with E-state index in [1.807, 2.05) is 18.2 Å². The summed E-state index contributed by atoms with van der Waals surface area (Å²) in [5, 5.41) is 3.53. The molecule has 1 unspecified atom stereocenters. The van der Waals surface area contributed by atoms with Crippen LogP contribution in [0.3, 0.4) is 0 Å². The lowest BCUT2D eigenvalue weighted by Crippen LogP contribution is -2.22. The van der Waals surface area contributed by atoms with Gasteiger partial charge in [0, 0.05) is 12.2 Å². The highest BCUT2D eigenvalue weighted by atomic mass is 14.9. The predicted molar refractivity (Wildman–Crippen MR) is 75.9 cm³/mol. The van der Waals surface area contributed by atoms with Crippen LogP contribution < -0.4 is 11.1 Å². The molecular weight excluding hydrogens is 208 g/mol. The Labute approximate surface area is 106 Å². The average molecular weight is 234 g/mol. The molecule has 1 atom stereocenters. The first-order chi connectivity index (χ1) is 8.26. The minimum atomic E-state index is 0.816. The molecule has 0 amide bonds. The number of nitrogen functional groups attached to an aromatic ring is 1. The molecule has 0 aliphatic heterocycles. The summed E-state index contributed by atoms with van der Waals surface area (Å²) in [4.78, 5) is 0. The van der Waals surface area contributed by atoms with Gasteiger partial charge in [0.2, 0.25) is 0 Å². The first kappa shape index (κ1) is 14.0. The molecule has 0 fully saturated rings. The molecule has 0 aliphatic rings. The van der Waals surface area contributed by atoms with Gasteiger partial charge >= 0.3 is 0 Å². The van der Waals surface area contributed by atoms with Crippen LogP contribution in [0.5, 0.6) is 0 Å². The summed E-state index contributed by atoms with van der Waals surface area (Å²) in [7, 11) is 0. The van der Waals surface area contributed by atoms with Crippen LogP contribution in [0.1, 0.15) is 45.1 Å². The van der Waals surface area contributed by atoms with E-state index in [0.717, 1.165) is 24.7 Å². The maximum atomic E-state index is 5.75. The van der Waals surface area contributed by atoms with E-state index in [2.05, 4.69) is 25.2 Å². The van der Waals surface area contributed by atoms with Crippen molar-refractivity contribution in [2.24, 2.45) is 5.92 Å². The van der Waals surface area contributed by atoms with E-state index < -0.39 is 0 Å². The summed E-state index contributed by atoms with van der Waals surface area (Å²) in [5.74, 6) is 0.816. The normalized spacial score (nSPS) is 12.6. The maximum Gasteiger partial charge on any atom is 0.0317 e. The van der Waals surface area contributed by atoms with E-state index in [1.54, 1.807) is 0 Å². The van der Waals surface area contributed by atoms with Crippen molar-refractivity contribution in [3.05, 3.63) is 29.8 Å². The van der Waals surface area contributed by atoms with Crippen LogP contribution in [0.15, 0.2) is 24.3 Å². The molecule has 17 heavy (non-hydrogen) atoms. The van der Waals surface area contributed by atoms with Crippen LogP contribution in [0.2, 0.25) is 0 Å². The molecule has 0 aromatic heterocycles. The number of anilines is 1. The lowest BCUT2D eigenvalue weighted by Gasteiger charge is -2.15. The number of benzene rings is 1. The molecule has 0 saturated carbocycles. The van der Waals surface area contributed by atoms with Crippen molar-refractivity contribution < 1.29 is 0 Å². The average Bonchev–Trinajstić information content (AvgIpc) is 2.33. The van der Waals surface area contributed by atoms with Crippen molar-refractivity contribution in [3.63, 3.8) is 0 Å². The van der Waals surface area contributed by atoms with Crippen LogP contribution in [0, 0.1) is 5.92 Å². The Bertz CT molecular complexity index is 310. The van der Waals surface area contributed by atoms with Gasteiger partial charge in [-0.15, -0.1) is 0 Å². The summed E-state index contributed by atoms with van der Waals surface area (Å²) in [6.07, 6.45) is 5.26. The van der Waals surface area contributed by atoms with E-state index in [-0.39, 0.29) is 0 Å². The van der Waals surface area contributed by atoms with Gasteiger partial charge in [-0.1, -0.05) is 45.2 Å². The Morgan fingerprint density at radius 3 is 2.76 bits per heavy atom. The number of nitrogens with one attached hydrogen (secondary N) is 1. The molecule has 1 aromatic rings. The zero-order valence-electron chi connectivity index (χ0n) is 11.2. The topological polar surface area (TPSA) is 38.0 Å². The molecule has 3 N–H and O–H groups in total. The predicted octanol–water partition coefficient (Wildman–Crippen LogP) is 3.57. The van der Waals surface area contributed by atoms with E-state index >= 15 is 0 Å². The molecule has 1 rings (SSSR count). The molecule has 2 heteroatoms. The molecule has 0 spiro atoms. The summed E-state index contributed by atoms with van der Waals surface area (Å²) in [6, 6.07) is 8.11. The first-order valence-electron chi connectivity index (χ1n) is 6.81. The van der Waals surface area contributed by atoms with E-state index in [9.17, 15) is 0 Å². The minimum absolute atomic E-state index is 0.816. The van der Waals surface area contributed by atoms with Gasteiger partial charge in [-0.2, -0.15) is 0 Å². The van der Waals surface area contributed by atoms with Crippen molar-refractivity contribution in [2.75, 3.05) is 12.3 Å². The van der Waals surface area contributed by atoms with Gasteiger partial charge in [-0.25, -0.2) is 0 Å². The Morgan fingerprint density at radius 2 is 2.12 bits per heavy atom. The number of hydrogen-bond acceptors (Lipinski definition) is 2. The van der Waals surface area contributed by atoms with Crippen LogP contribution >= 0.6 is 0 Å². The molecule has 2 nitrogen and oxygen atoms in total. The summed E-state index contributed by atoms with van der Waals surface area (Å²) >= 11 is 0.